The second-order valence-corrected chi connectivity index (χ2v) is 6.97. The lowest BCUT2D eigenvalue weighted by atomic mass is 10.0. The number of aliphatic imine (C=N–C) groups is 1. The molecule has 0 amide bonds. The molecule has 1 aliphatic rings. The van der Waals surface area contributed by atoms with Crippen LogP contribution < -0.4 is 15.5 Å². The average molecular weight is 506 g/mol. The van der Waals surface area contributed by atoms with E-state index in [1.807, 2.05) is 12.1 Å². The van der Waals surface area contributed by atoms with Gasteiger partial charge in [0.2, 0.25) is 0 Å². The van der Waals surface area contributed by atoms with Crippen LogP contribution in [0.15, 0.2) is 46.1 Å². The van der Waals surface area contributed by atoms with Crippen LogP contribution in [0.3, 0.4) is 0 Å². The zero-order valence-electron chi connectivity index (χ0n) is 15.4. The van der Waals surface area contributed by atoms with E-state index in [9.17, 15) is 5.11 Å². The molecular weight excluding hydrogens is 481 g/mol. The van der Waals surface area contributed by atoms with E-state index < -0.39 is 5.60 Å². The highest BCUT2D eigenvalue weighted by Gasteiger charge is 2.28. The van der Waals surface area contributed by atoms with Gasteiger partial charge in [0.1, 0.15) is 17.2 Å². The van der Waals surface area contributed by atoms with Crippen LogP contribution in [-0.4, -0.2) is 48.8 Å². The van der Waals surface area contributed by atoms with Gasteiger partial charge in [0.15, 0.2) is 5.96 Å². The van der Waals surface area contributed by atoms with E-state index in [4.69, 9.17) is 16.0 Å². The number of pyridine rings is 1. The van der Waals surface area contributed by atoms with E-state index in [0.717, 1.165) is 25.3 Å². The topological polar surface area (TPSA) is 85.9 Å². The number of anilines is 1. The van der Waals surface area contributed by atoms with Crippen molar-refractivity contribution in [3.8, 4) is 0 Å². The second kappa shape index (κ2) is 9.61. The fourth-order valence-electron chi connectivity index (χ4n) is 3.00. The SMILES string of the molecule is CN=C(NCC(C)(O)c1ccco1)NC1CCN(c2ncccc2Cl)C1.I. The monoisotopic (exact) mass is 505 g/mol. The maximum Gasteiger partial charge on any atom is 0.191 e. The Balaban J connectivity index is 0.00000261. The van der Waals surface area contributed by atoms with Gasteiger partial charge in [-0.15, -0.1) is 24.0 Å². The summed E-state index contributed by atoms with van der Waals surface area (Å²) in [4.78, 5) is 10.8. The van der Waals surface area contributed by atoms with Crippen molar-refractivity contribution in [2.45, 2.75) is 25.0 Å². The molecule has 148 valence electrons. The van der Waals surface area contributed by atoms with Crippen LogP contribution in [0.5, 0.6) is 0 Å². The first kappa shape index (κ1) is 21.8. The molecule has 1 aliphatic heterocycles. The van der Waals surface area contributed by atoms with Crippen LogP contribution >= 0.6 is 35.6 Å². The molecule has 0 aliphatic carbocycles. The van der Waals surface area contributed by atoms with Gasteiger partial charge in [0.25, 0.3) is 0 Å². The Hall–Kier alpha value is -1.52. The number of guanidine groups is 1. The van der Waals surface area contributed by atoms with Gasteiger partial charge >= 0.3 is 0 Å². The summed E-state index contributed by atoms with van der Waals surface area (Å²) in [5.41, 5.74) is -1.12. The van der Waals surface area contributed by atoms with Crippen LogP contribution in [0.2, 0.25) is 5.02 Å². The molecule has 7 nitrogen and oxygen atoms in total. The molecule has 2 aromatic rings. The van der Waals surface area contributed by atoms with Gasteiger partial charge in [-0.3, -0.25) is 4.99 Å². The largest absolute Gasteiger partial charge is 0.466 e. The van der Waals surface area contributed by atoms with Crippen molar-refractivity contribution in [1.82, 2.24) is 15.6 Å². The predicted octanol–water partition coefficient (Wildman–Crippen LogP) is 2.60. The van der Waals surface area contributed by atoms with E-state index in [1.54, 1.807) is 38.6 Å². The fourth-order valence-corrected chi connectivity index (χ4v) is 3.24. The summed E-state index contributed by atoms with van der Waals surface area (Å²) in [5, 5.41) is 17.7. The van der Waals surface area contributed by atoms with Crippen molar-refractivity contribution >= 4 is 47.4 Å². The van der Waals surface area contributed by atoms with Crippen LogP contribution in [0.4, 0.5) is 5.82 Å². The third-order valence-electron chi connectivity index (χ3n) is 4.44. The third kappa shape index (κ3) is 5.49. The Morgan fingerprint density at radius 1 is 1.48 bits per heavy atom. The van der Waals surface area contributed by atoms with Crippen molar-refractivity contribution in [3.05, 3.63) is 47.5 Å². The minimum absolute atomic E-state index is 0. The standard InChI is InChI=1S/C18H24ClN5O2.HI/c1-18(25,15-6-4-10-26-15)12-22-17(20-2)23-13-7-9-24(11-13)16-14(19)5-3-8-21-16;/h3-6,8,10,13,25H,7,9,11-12H2,1-2H3,(H2,20,22,23);1H. The lowest BCUT2D eigenvalue weighted by Gasteiger charge is -2.24. The average Bonchev–Trinajstić information content (AvgIpc) is 3.31. The van der Waals surface area contributed by atoms with Crippen molar-refractivity contribution < 1.29 is 9.52 Å². The molecule has 2 unspecified atom stereocenters. The number of aliphatic hydroxyl groups is 1. The van der Waals surface area contributed by atoms with E-state index in [2.05, 4.69) is 25.5 Å². The number of hydrogen-bond acceptors (Lipinski definition) is 5. The van der Waals surface area contributed by atoms with Gasteiger partial charge in [-0.1, -0.05) is 11.6 Å². The summed E-state index contributed by atoms with van der Waals surface area (Å²) in [6.45, 7) is 3.64. The van der Waals surface area contributed by atoms with Crippen molar-refractivity contribution in [1.29, 1.82) is 0 Å². The Labute approximate surface area is 181 Å². The fraction of sp³-hybridized carbons (Fsp3) is 0.444. The molecule has 9 heteroatoms. The van der Waals surface area contributed by atoms with Crippen LogP contribution in [-0.2, 0) is 5.60 Å². The smallest absolute Gasteiger partial charge is 0.191 e. The molecule has 0 spiro atoms. The summed E-state index contributed by atoms with van der Waals surface area (Å²) < 4.78 is 5.30. The van der Waals surface area contributed by atoms with Crippen LogP contribution in [0, 0.1) is 0 Å². The number of rotatable bonds is 5. The number of nitrogens with zero attached hydrogens (tertiary/aromatic N) is 3. The van der Waals surface area contributed by atoms with Crippen LogP contribution in [0.25, 0.3) is 0 Å². The Morgan fingerprint density at radius 3 is 2.96 bits per heavy atom. The van der Waals surface area contributed by atoms with E-state index in [0.29, 0.717) is 16.7 Å². The summed E-state index contributed by atoms with van der Waals surface area (Å²) in [5.74, 6) is 1.95. The molecule has 2 aromatic heterocycles. The third-order valence-corrected chi connectivity index (χ3v) is 4.74. The summed E-state index contributed by atoms with van der Waals surface area (Å²) in [7, 11) is 1.71. The maximum absolute atomic E-state index is 10.5. The van der Waals surface area contributed by atoms with E-state index in [1.165, 1.54) is 0 Å². The summed E-state index contributed by atoms with van der Waals surface area (Å²) in [6, 6.07) is 7.40. The highest BCUT2D eigenvalue weighted by atomic mass is 127. The van der Waals surface area contributed by atoms with Gasteiger partial charge < -0.3 is 25.1 Å². The second-order valence-electron chi connectivity index (χ2n) is 6.56. The number of nitrogens with one attached hydrogen (secondary N) is 2. The predicted molar refractivity (Wildman–Crippen MR) is 118 cm³/mol. The van der Waals surface area contributed by atoms with E-state index >= 15 is 0 Å². The van der Waals surface area contributed by atoms with Gasteiger partial charge in [-0.25, -0.2) is 4.98 Å². The highest BCUT2D eigenvalue weighted by molar-refractivity contribution is 14.0. The van der Waals surface area contributed by atoms with Crippen molar-refractivity contribution in [2.24, 2.45) is 4.99 Å². The molecule has 0 bridgehead atoms. The molecular formula is C18H25ClIN5O2. The zero-order valence-corrected chi connectivity index (χ0v) is 18.4. The van der Waals surface area contributed by atoms with Gasteiger partial charge in [-0.05, 0) is 37.6 Å². The Bertz CT molecular complexity index is 754. The van der Waals surface area contributed by atoms with Crippen LogP contribution in [0.1, 0.15) is 19.1 Å². The molecule has 3 N–H and O–H groups in total. The van der Waals surface area contributed by atoms with Gasteiger partial charge in [-0.2, -0.15) is 0 Å². The molecule has 0 aromatic carbocycles. The number of halogens is 2. The minimum atomic E-state index is -1.12. The lowest BCUT2D eigenvalue weighted by molar-refractivity contribution is 0.0385. The normalized spacial score (nSPS) is 19.3. The Kier molecular flexibility index (Phi) is 7.75. The molecule has 0 saturated carbocycles. The number of hydrogen-bond donors (Lipinski definition) is 3. The maximum atomic E-state index is 10.5. The summed E-state index contributed by atoms with van der Waals surface area (Å²) in [6.07, 6.45) is 4.24. The number of aromatic nitrogens is 1. The molecule has 3 heterocycles. The first-order chi connectivity index (χ1) is 12.5. The molecule has 1 saturated heterocycles. The molecule has 27 heavy (non-hydrogen) atoms. The van der Waals surface area contributed by atoms with Gasteiger partial charge in [0, 0.05) is 32.4 Å². The number of furan rings is 1. The molecule has 3 rings (SSSR count). The van der Waals surface area contributed by atoms with E-state index in [-0.39, 0.29) is 36.6 Å². The zero-order chi connectivity index (χ0) is 18.6. The van der Waals surface area contributed by atoms with Gasteiger partial charge in [0.05, 0.1) is 17.8 Å². The Morgan fingerprint density at radius 2 is 2.30 bits per heavy atom. The quantitative estimate of drug-likeness (QED) is 0.329. The minimum Gasteiger partial charge on any atom is -0.466 e. The molecule has 0 radical (unpaired) electrons. The highest BCUT2D eigenvalue weighted by Crippen LogP contribution is 2.25. The lowest BCUT2D eigenvalue weighted by Crippen LogP contribution is -2.48. The van der Waals surface area contributed by atoms with Crippen molar-refractivity contribution in [3.63, 3.8) is 0 Å². The molecule has 2 atom stereocenters. The summed E-state index contributed by atoms with van der Waals surface area (Å²) >= 11 is 6.24. The molecule has 1 fully saturated rings. The van der Waals surface area contributed by atoms with Crippen molar-refractivity contribution in [2.75, 3.05) is 31.6 Å². The first-order valence-corrected chi connectivity index (χ1v) is 8.96. The first-order valence-electron chi connectivity index (χ1n) is 8.58.